The number of hydrogen-bond acceptors (Lipinski definition) is 5. The van der Waals surface area contributed by atoms with Crippen molar-refractivity contribution in [3.63, 3.8) is 0 Å². The number of esters is 1. The summed E-state index contributed by atoms with van der Waals surface area (Å²) in [7, 11) is 3.03. The van der Waals surface area contributed by atoms with Crippen LogP contribution in [-0.2, 0) is 9.53 Å². The molecule has 2 aromatic rings. The molecule has 5 heteroatoms. The van der Waals surface area contributed by atoms with Gasteiger partial charge in [0.2, 0.25) is 0 Å². The average molecular weight is 350 g/mol. The lowest BCUT2D eigenvalue weighted by atomic mass is 9.79. The summed E-state index contributed by atoms with van der Waals surface area (Å²) < 4.78 is 10.3. The highest BCUT2D eigenvalue weighted by molar-refractivity contribution is 5.97. The largest absolute Gasteiger partial charge is 0.497 e. The molecule has 5 nitrogen and oxygen atoms in total. The van der Waals surface area contributed by atoms with E-state index in [1.54, 1.807) is 13.3 Å². The van der Waals surface area contributed by atoms with Gasteiger partial charge in [0.25, 0.3) is 0 Å². The molecule has 0 radical (unpaired) electrons. The summed E-state index contributed by atoms with van der Waals surface area (Å²) in [5.41, 5.74) is 5.11. The van der Waals surface area contributed by atoms with Crippen LogP contribution in [0.3, 0.4) is 0 Å². The molecule has 0 saturated heterocycles. The molecule has 0 amide bonds. The standard InChI is InChI=1S/C21H22N2O3/c1-13-18(17-7-5-6-12-22-17)20(15-8-10-16(25-3)11-9-15)19(14(2)23-13)21(24)26-4/h5-12,20,23H,1-4H3. The summed E-state index contributed by atoms with van der Waals surface area (Å²) in [5, 5.41) is 3.31. The van der Waals surface area contributed by atoms with Crippen LogP contribution in [0, 0.1) is 0 Å². The van der Waals surface area contributed by atoms with Crippen molar-refractivity contribution in [3.8, 4) is 5.75 Å². The lowest BCUT2D eigenvalue weighted by molar-refractivity contribution is -0.136. The number of pyridine rings is 1. The molecule has 0 spiro atoms. The zero-order valence-corrected chi connectivity index (χ0v) is 15.4. The van der Waals surface area contributed by atoms with E-state index in [4.69, 9.17) is 9.47 Å². The molecule has 2 heterocycles. The third-order valence-electron chi connectivity index (χ3n) is 4.56. The van der Waals surface area contributed by atoms with Gasteiger partial charge in [-0.3, -0.25) is 4.98 Å². The minimum absolute atomic E-state index is 0.274. The van der Waals surface area contributed by atoms with Crippen molar-refractivity contribution < 1.29 is 14.3 Å². The number of rotatable bonds is 4. The quantitative estimate of drug-likeness (QED) is 0.853. The van der Waals surface area contributed by atoms with E-state index in [1.807, 2.05) is 56.3 Å². The highest BCUT2D eigenvalue weighted by Crippen LogP contribution is 2.43. The van der Waals surface area contributed by atoms with Gasteiger partial charge < -0.3 is 14.8 Å². The second kappa shape index (κ2) is 7.44. The Labute approximate surface area is 153 Å². The van der Waals surface area contributed by atoms with Crippen LogP contribution in [0.5, 0.6) is 5.75 Å². The molecule has 26 heavy (non-hydrogen) atoms. The number of methoxy groups -OCH3 is 2. The Kier molecular flexibility index (Phi) is 5.07. The Morgan fingerprint density at radius 2 is 1.77 bits per heavy atom. The first-order valence-electron chi connectivity index (χ1n) is 8.39. The van der Waals surface area contributed by atoms with Crippen LogP contribution in [0.15, 0.2) is 65.6 Å². The number of nitrogens with zero attached hydrogens (tertiary/aromatic N) is 1. The SMILES string of the molecule is COC(=O)C1=C(C)NC(C)=C(c2ccccn2)C1c1ccc(OC)cc1. The molecule has 1 atom stereocenters. The zero-order chi connectivity index (χ0) is 18.7. The van der Waals surface area contributed by atoms with Gasteiger partial charge in [-0.2, -0.15) is 0 Å². The molecular weight excluding hydrogens is 328 g/mol. The molecule has 3 rings (SSSR count). The topological polar surface area (TPSA) is 60.5 Å². The molecule has 0 fully saturated rings. The van der Waals surface area contributed by atoms with Gasteiger partial charge in [0.05, 0.1) is 25.5 Å². The fraction of sp³-hybridized carbons (Fsp3) is 0.238. The van der Waals surface area contributed by atoms with Crippen molar-refractivity contribution in [2.24, 2.45) is 0 Å². The number of benzene rings is 1. The van der Waals surface area contributed by atoms with Crippen LogP contribution in [0.4, 0.5) is 0 Å². The summed E-state index contributed by atoms with van der Waals surface area (Å²) in [6.07, 6.45) is 1.75. The Morgan fingerprint density at radius 3 is 2.35 bits per heavy atom. The molecule has 0 bridgehead atoms. The van der Waals surface area contributed by atoms with Crippen molar-refractivity contribution in [2.45, 2.75) is 19.8 Å². The molecule has 1 aromatic carbocycles. The van der Waals surface area contributed by atoms with Crippen LogP contribution in [0.1, 0.15) is 31.0 Å². The van der Waals surface area contributed by atoms with E-state index in [0.29, 0.717) is 5.57 Å². The normalized spacial score (nSPS) is 17.0. The maximum Gasteiger partial charge on any atom is 0.336 e. The number of allylic oxidation sites excluding steroid dienone is 3. The molecule has 1 N–H and O–H groups in total. The third kappa shape index (κ3) is 3.20. The first-order chi connectivity index (χ1) is 12.6. The molecule has 1 aliphatic rings. The third-order valence-corrected chi connectivity index (χ3v) is 4.56. The molecule has 1 unspecified atom stereocenters. The van der Waals surface area contributed by atoms with Gasteiger partial charge in [-0.25, -0.2) is 4.79 Å². The fourth-order valence-electron chi connectivity index (χ4n) is 3.37. The minimum Gasteiger partial charge on any atom is -0.497 e. The summed E-state index contributed by atoms with van der Waals surface area (Å²) in [6.45, 7) is 3.89. The maximum atomic E-state index is 12.6. The van der Waals surface area contributed by atoms with Gasteiger partial charge in [-0.15, -0.1) is 0 Å². The lowest BCUT2D eigenvalue weighted by Crippen LogP contribution is -2.28. The van der Waals surface area contributed by atoms with Crippen LogP contribution in [-0.4, -0.2) is 25.2 Å². The highest BCUT2D eigenvalue weighted by atomic mass is 16.5. The monoisotopic (exact) mass is 350 g/mol. The lowest BCUT2D eigenvalue weighted by Gasteiger charge is -2.31. The molecular formula is C21H22N2O3. The van der Waals surface area contributed by atoms with Crippen LogP contribution in [0.2, 0.25) is 0 Å². The fourth-order valence-corrected chi connectivity index (χ4v) is 3.37. The van der Waals surface area contributed by atoms with E-state index < -0.39 is 0 Å². The molecule has 1 aromatic heterocycles. The van der Waals surface area contributed by atoms with Crippen molar-refractivity contribution in [1.82, 2.24) is 10.3 Å². The number of carbonyl (C=O) groups excluding carboxylic acids is 1. The Balaban J connectivity index is 2.20. The highest BCUT2D eigenvalue weighted by Gasteiger charge is 2.34. The molecule has 0 aliphatic carbocycles. The number of aromatic nitrogens is 1. The molecule has 1 aliphatic heterocycles. The van der Waals surface area contributed by atoms with Crippen molar-refractivity contribution >= 4 is 11.5 Å². The number of dihydropyridines is 1. The van der Waals surface area contributed by atoms with E-state index in [1.165, 1.54) is 7.11 Å². The molecule has 0 saturated carbocycles. The smallest absolute Gasteiger partial charge is 0.336 e. The van der Waals surface area contributed by atoms with E-state index in [-0.39, 0.29) is 11.9 Å². The van der Waals surface area contributed by atoms with Gasteiger partial charge >= 0.3 is 5.97 Å². The van der Waals surface area contributed by atoms with Crippen LogP contribution < -0.4 is 10.1 Å². The Morgan fingerprint density at radius 1 is 1.04 bits per heavy atom. The Bertz CT molecular complexity index is 868. The van der Waals surface area contributed by atoms with Gasteiger partial charge in [0, 0.05) is 29.1 Å². The van der Waals surface area contributed by atoms with Crippen molar-refractivity contribution in [1.29, 1.82) is 0 Å². The maximum absolute atomic E-state index is 12.6. The first-order valence-corrected chi connectivity index (χ1v) is 8.39. The number of nitrogens with one attached hydrogen (secondary N) is 1. The van der Waals surface area contributed by atoms with Gasteiger partial charge in [0.15, 0.2) is 0 Å². The van der Waals surface area contributed by atoms with Gasteiger partial charge in [0.1, 0.15) is 5.75 Å². The predicted molar refractivity (Wildman–Crippen MR) is 100 cm³/mol. The van der Waals surface area contributed by atoms with Crippen LogP contribution in [0.25, 0.3) is 5.57 Å². The van der Waals surface area contributed by atoms with E-state index in [9.17, 15) is 4.79 Å². The number of ether oxygens (including phenoxy) is 2. The van der Waals surface area contributed by atoms with Gasteiger partial charge in [-0.05, 0) is 43.7 Å². The average Bonchev–Trinajstić information content (AvgIpc) is 2.67. The minimum atomic E-state index is -0.350. The summed E-state index contributed by atoms with van der Waals surface area (Å²) in [4.78, 5) is 17.1. The van der Waals surface area contributed by atoms with E-state index in [2.05, 4.69) is 10.3 Å². The van der Waals surface area contributed by atoms with Gasteiger partial charge in [-0.1, -0.05) is 18.2 Å². The summed E-state index contributed by atoms with van der Waals surface area (Å²) in [6, 6.07) is 13.5. The molecule has 134 valence electrons. The van der Waals surface area contributed by atoms with Crippen molar-refractivity contribution in [2.75, 3.05) is 14.2 Å². The van der Waals surface area contributed by atoms with E-state index >= 15 is 0 Å². The zero-order valence-electron chi connectivity index (χ0n) is 15.4. The second-order valence-electron chi connectivity index (χ2n) is 6.12. The second-order valence-corrected chi connectivity index (χ2v) is 6.12. The van der Waals surface area contributed by atoms with E-state index in [0.717, 1.165) is 34.0 Å². The Hall–Kier alpha value is -3.08. The first kappa shape index (κ1) is 17.7. The number of hydrogen-bond donors (Lipinski definition) is 1. The number of carbonyl (C=O) groups is 1. The van der Waals surface area contributed by atoms with Crippen LogP contribution >= 0.6 is 0 Å². The summed E-state index contributed by atoms with van der Waals surface area (Å²) in [5.74, 6) is 0.143. The van der Waals surface area contributed by atoms with Crippen molar-refractivity contribution in [3.05, 3.63) is 76.9 Å². The summed E-state index contributed by atoms with van der Waals surface area (Å²) >= 11 is 0. The predicted octanol–water partition coefficient (Wildman–Crippen LogP) is 3.66.